The molecule has 0 saturated carbocycles. The molecule has 1 aliphatic rings. The van der Waals surface area contributed by atoms with E-state index in [1.54, 1.807) is 31.2 Å². The van der Waals surface area contributed by atoms with Gasteiger partial charge in [0.1, 0.15) is 0 Å². The minimum Gasteiger partial charge on any atom is -0.277 e. The van der Waals surface area contributed by atoms with Crippen molar-refractivity contribution in [3.05, 3.63) is 41.5 Å². The number of hydrogen-bond donors (Lipinski definition) is 2. The van der Waals surface area contributed by atoms with E-state index in [1.165, 1.54) is 6.08 Å². The van der Waals surface area contributed by atoms with Crippen LogP contribution in [0.4, 0.5) is 0 Å². The molecule has 6 heteroatoms. The Bertz CT molecular complexity index is 590. The van der Waals surface area contributed by atoms with Gasteiger partial charge in [0.2, 0.25) is 0 Å². The summed E-state index contributed by atoms with van der Waals surface area (Å²) in [5, 5.41) is 8.52. The maximum atomic E-state index is 12.1. The number of amides is 1. The summed E-state index contributed by atoms with van der Waals surface area (Å²) in [6.45, 7) is 1.95. The molecule has 0 unspecified atom stereocenters. The lowest BCUT2D eigenvalue weighted by atomic mass is 10.2. The maximum absolute atomic E-state index is 12.1. The van der Waals surface area contributed by atoms with Gasteiger partial charge in [-0.1, -0.05) is 28.5 Å². The second kappa shape index (κ2) is 5.05. The van der Waals surface area contributed by atoms with Gasteiger partial charge in [-0.25, -0.2) is 4.31 Å². The van der Waals surface area contributed by atoms with Crippen molar-refractivity contribution in [1.29, 1.82) is 5.26 Å². The number of nitriles is 1. The first kappa shape index (κ1) is 13.6. The highest BCUT2D eigenvalue weighted by Crippen LogP contribution is 2.58. The van der Waals surface area contributed by atoms with Gasteiger partial charge < -0.3 is 0 Å². The summed E-state index contributed by atoms with van der Waals surface area (Å²) in [4.78, 5) is 12.4. The zero-order chi connectivity index (χ0) is 14.0. The standard InChI is InChI=1S/C13H14N2O3S/c1-10(6-8-14)7-9-15-13(16)11-4-2-3-5-12(11)19(15,17)18/h2-6,17-18H,7,9H2,1H3/b10-6+. The van der Waals surface area contributed by atoms with Gasteiger partial charge in [0.25, 0.3) is 5.91 Å². The fourth-order valence-electron chi connectivity index (χ4n) is 1.94. The first-order valence-electron chi connectivity index (χ1n) is 5.73. The number of allylic oxidation sites excluding steroid dienone is 1. The zero-order valence-corrected chi connectivity index (χ0v) is 11.2. The van der Waals surface area contributed by atoms with Crippen LogP contribution in [-0.2, 0) is 0 Å². The Morgan fingerprint density at radius 2 is 2.16 bits per heavy atom. The molecule has 0 radical (unpaired) electrons. The molecule has 0 saturated heterocycles. The molecule has 1 aromatic rings. The van der Waals surface area contributed by atoms with Crippen LogP contribution in [0.5, 0.6) is 0 Å². The van der Waals surface area contributed by atoms with Crippen molar-refractivity contribution in [3.8, 4) is 6.07 Å². The van der Waals surface area contributed by atoms with Crippen LogP contribution in [-0.4, -0.2) is 25.9 Å². The Labute approximate surface area is 113 Å². The van der Waals surface area contributed by atoms with E-state index in [2.05, 4.69) is 0 Å². The molecule has 0 aromatic heterocycles. The molecule has 0 fully saturated rings. The molecule has 0 bridgehead atoms. The number of benzene rings is 1. The third-order valence-corrected chi connectivity index (χ3v) is 4.88. The van der Waals surface area contributed by atoms with Crippen LogP contribution >= 0.6 is 10.8 Å². The third kappa shape index (κ3) is 2.36. The van der Waals surface area contributed by atoms with Crippen LogP contribution in [0.3, 0.4) is 0 Å². The summed E-state index contributed by atoms with van der Waals surface area (Å²) in [5.41, 5.74) is 1.13. The predicted molar refractivity (Wildman–Crippen MR) is 72.6 cm³/mol. The van der Waals surface area contributed by atoms with E-state index in [4.69, 9.17) is 5.26 Å². The molecule has 0 atom stereocenters. The lowest BCUT2D eigenvalue weighted by Crippen LogP contribution is -2.28. The molecule has 1 aliphatic heterocycles. The summed E-state index contributed by atoms with van der Waals surface area (Å²) in [6, 6.07) is 8.41. The van der Waals surface area contributed by atoms with Gasteiger partial charge in [-0.15, -0.1) is 0 Å². The molecule has 1 aromatic carbocycles. The Morgan fingerprint density at radius 1 is 1.47 bits per heavy atom. The largest absolute Gasteiger partial charge is 0.277 e. The van der Waals surface area contributed by atoms with E-state index in [0.29, 0.717) is 12.0 Å². The minimum absolute atomic E-state index is 0.180. The Kier molecular flexibility index (Phi) is 3.62. The predicted octanol–water partition coefficient (Wildman–Crippen LogP) is 3.03. The highest BCUT2D eigenvalue weighted by Gasteiger charge is 2.40. The average Bonchev–Trinajstić information content (AvgIpc) is 2.57. The van der Waals surface area contributed by atoms with E-state index in [-0.39, 0.29) is 17.3 Å². The van der Waals surface area contributed by atoms with E-state index >= 15 is 0 Å². The topological polar surface area (TPSA) is 84.6 Å². The Morgan fingerprint density at radius 3 is 2.79 bits per heavy atom. The lowest BCUT2D eigenvalue weighted by Gasteiger charge is -2.36. The first-order chi connectivity index (χ1) is 8.98. The van der Waals surface area contributed by atoms with Crippen molar-refractivity contribution in [2.24, 2.45) is 0 Å². The number of hydrogen-bond acceptors (Lipinski definition) is 4. The van der Waals surface area contributed by atoms with Crippen LogP contribution in [0.25, 0.3) is 0 Å². The van der Waals surface area contributed by atoms with Gasteiger partial charge in [-0.05, 0) is 25.5 Å². The number of nitrogens with zero attached hydrogens (tertiary/aromatic N) is 2. The minimum atomic E-state index is -3.23. The first-order valence-corrected chi connectivity index (χ1v) is 7.23. The number of rotatable bonds is 3. The molecule has 0 aliphatic carbocycles. The molecule has 1 heterocycles. The SMILES string of the molecule is C/C(=C\C#N)CCN1C(=O)c2ccccc2S1(O)O. The van der Waals surface area contributed by atoms with Gasteiger partial charge in [0.15, 0.2) is 0 Å². The smallest absolute Gasteiger partial charge is 0.274 e. The van der Waals surface area contributed by atoms with Crippen LogP contribution in [0.15, 0.2) is 40.8 Å². The summed E-state index contributed by atoms with van der Waals surface area (Å²) < 4.78 is 21.4. The highest BCUT2D eigenvalue weighted by atomic mass is 32.3. The molecule has 2 rings (SSSR count). The van der Waals surface area contributed by atoms with Gasteiger partial charge in [0, 0.05) is 12.6 Å². The van der Waals surface area contributed by atoms with Gasteiger partial charge >= 0.3 is 0 Å². The molecule has 19 heavy (non-hydrogen) atoms. The fraction of sp³-hybridized carbons (Fsp3) is 0.231. The number of fused-ring (bicyclic) bond motifs is 1. The van der Waals surface area contributed by atoms with Gasteiger partial charge in [0.05, 0.1) is 16.5 Å². The van der Waals surface area contributed by atoms with Crippen molar-refractivity contribution < 1.29 is 13.9 Å². The van der Waals surface area contributed by atoms with Crippen LogP contribution in [0.1, 0.15) is 23.7 Å². The summed E-state index contributed by atoms with van der Waals surface area (Å²) in [7, 11) is -3.23. The van der Waals surface area contributed by atoms with Crippen molar-refractivity contribution in [2.45, 2.75) is 18.2 Å². The van der Waals surface area contributed by atoms with Crippen LogP contribution < -0.4 is 0 Å². The number of carbonyl (C=O) groups excluding carboxylic acids is 1. The third-order valence-electron chi connectivity index (χ3n) is 2.97. The van der Waals surface area contributed by atoms with Gasteiger partial charge in [-0.2, -0.15) is 5.26 Å². The van der Waals surface area contributed by atoms with E-state index in [9.17, 15) is 13.9 Å². The average molecular weight is 278 g/mol. The summed E-state index contributed by atoms with van der Waals surface area (Å²) in [6.07, 6.45) is 1.82. The summed E-state index contributed by atoms with van der Waals surface area (Å²) >= 11 is 0. The summed E-state index contributed by atoms with van der Waals surface area (Å²) in [5.74, 6) is -0.375. The van der Waals surface area contributed by atoms with Gasteiger partial charge in [-0.3, -0.25) is 13.9 Å². The Balaban J connectivity index is 2.23. The molecule has 5 nitrogen and oxygen atoms in total. The van der Waals surface area contributed by atoms with Crippen LogP contribution in [0, 0.1) is 11.3 Å². The molecule has 100 valence electrons. The van der Waals surface area contributed by atoms with Crippen molar-refractivity contribution in [1.82, 2.24) is 4.31 Å². The van der Waals surface area contributed by atoms with Crippen molar-refractivity contribution >= 4 is 16.7 Å². The number of carbonyl (C=O) groups is 1. The molecule has 0 spiro atoms. The van der Waals surface area contributed by atoms with Crippen LogP contribution in [0.2, 0.25) is 0 Å². The van der Waals surface area contributed by atoms with E-state index in [1.807, 2.05) is 6.07 Å². The second-order valence-corrected chi connectivity index (χ2v) is 6.21. The quantitative estimate of drug-likeness (QED) is 0.832. The molecule has 2 N–H and O–H groups in total. The molecule has 1 amide bonds. The normalized spacial score (nSPS) is 18.9. The Hall–Kier alpha value is -1.81. The zero-order valence-electron chi connectivity index (χ0n) is 10.4. The highest BCUT2D eigenvalue weighted by molar-refractivity contribution is 8.23. The maximum Gasteiger partial charge on any atom is 0.274 e. The van der Waals surface area contributed by atoms with Crippen molar-refractivity contribution in [3.63, 3.8) is 0 Å². The monoisotopic (exact) mass is 278 g/mol. The van der Waals surface area contributed by atoms with Crippen molar-refractivity contribution in [2.75, 3.05) is 6.54 Å². The molecular weight excluding hydrogens is 264 g/mol. The second-order valence-electron chi connectivity index (χ2n) is 4.29. The molecular formula is C13H14N2O3S. The van der Waals surface area contributed by atoms with E-state index < -0.39 is 10.8 Å². The van der Waals surface area contributed by atoms with E-state index in [0.717, 1.165) is 9.88 Å². The fourth-order valence-corrected chi connectivity index (χ4v) is 3.56. The lowest BCUT2D eigenvalue weighted by molar-refractivity contribution is 0.0863.